The first-order valence-electron chi connectivity index (χ1n) is 7.39. The summed E-state index contributed by atoms with van der Waals surface area (Å²) in [6, 6.07) is 10.7. The molecule has 2 rings (SSSR count). The lowest BCUT2D eigenvalue weighted by Crippen LogP contribution is -2.16. The van der Waals surface area contributed by atoms with E-state index < -0.39 is 21.6 Å². The van der Waals surface area contributed by atoms with Gasteiger partial charge in [-0.2, -0.15) is 18.4 Å². The van der Waals surface area contributed by atoms with Crippen molar-refractivity contribution in [3.63, 3.8) is 0 Å². The molecule has 0 saturated carbocycles. The van der Waals surface area contributed by atoms with Gasteiger partial charge in [0.2, 0.25) is 0 Å². The molecule has 0 atom stereocenters. The van der Waals surface area contributed by atoms with E-state index >= 15 is 0 Å². The van der Waals surface area contributed by atoms with Crippen molar-refractivity contribution in [1.29, 1.82) is 5.26 Å². The largest absolute Gasteiger partial charge is 0.492 e. The van der Waals surface area contributed by atoms with Crippen molar-refractivity contribution in [2.45, 2.75) is 11.1 Å². The second-order valence-electron chi connectivity index (χ2n) is 5.39. The Kier molecular flexibility index (Phi) is 5.77. The van der Waals surface area contributed by atoms with Crippen LogP contribution in [0.3, 0.4) is 0 Å². The molecule has 5 nitrogen and oxygen atoms in total. The first-order valence-corrected chi connectivity index (χ1v) is 9.28. The van der Waals surface area contributed by atoms with Crippen LogP contribution in [-0.4, -0.2) is 27.8 Å². The molecule has 1 N–H and O–H groups in total. The molecule has 2 aromatic carbocycles. The highest BCUT2D eigenvalue weighted by Gasteiger charge is 2.33. The molecule has 0 saturated heterocycles. The molecule has 0 unspecified atom stereocenters. The van der Waals surface area contributed by atoms with Crippen molar-refractivity contribution in [3.05, 3.63) is 53.6 Å². The molecule has 0 heterocycles. The van der Waals surface area contributed by atoms with Crippen LogP contribution in [0, 0.1) is 11.3 Å². The maximum Gasteiger partial charge on any atom is 0.418 e. The van der Waals surface area contributed by atoms with Gasteiger partial charge in [-0.1, -0.05) is 0 Å². The van der Waals surface area contributed by atoms with Gasteiger partial charge in [0.15, 0.2) is 9.84 Å². The minimum atomic E-state index is -4.59. The number of benzene rings is 2. The third-order valence-electron chi connectivity index (χ3n) is 3.39. The lowest BCUT2D eigenvalue weighted by molar-refractivity contribution is -0.137. The van der Waals surface area contributed by atoms with Gasteiger partial charge in [-0.3, -0.25) is 0 Å². The normalized spacial score (nSPS) is 11.7. The lowest BCUT2D eigenvalue weighted by atomic mass is 10.1. The summed E-state index contributed by atoms with van der Waals surface area (Å²) < 4.78 is 67.2. The van der Waals surface area contributed by atoms with Crippen LogP contribution in [0.4, 0.5) is 18.9 Å². The molecule has 138 valence electrons. The monoisotopic (exact) mass is 384 g/mol. The van der Waals surface area contributed by atoms with Gasteiger partial charge in [0.1, 0.15) is 12.4 Å². The Morgan fingerprint density at radius 1 is 1.15 bits per heavy atom. The SMILES string of the molecule is CS(=O)(=O)c1ccc(OCCNc2ccc(C#N)cc2C(F)(F)F)cc1. The maximum absolute atomic E-state index is 13.0. The predicted molar refractivity (Wildman–Crippen MR) is 89.7 cm³/mol. The molecule has 0 aliphatic carbocycles. The van der Waals surface area contributed by atoms with Crippen LogP contribution in [0.15, 0.2) is 47.4 Å². The van der Waals surface area contributed by atoms with Gasteiger partial charge in [0, 0.05) is 18.5 Å². The number of rotatable bonds is 6. The summed E-state index contributed by atoms with van der Waals surface area (Å²) >= 11 is 0. The summed E-state index contributed by atoms with van der Waals surface area (Å²) in [5.74, 6) is 0.398. The first kappa shape index (κ1) is 19.6. The molecule has 0 bridgehead atoms. The topological polar surface area (TPSA) is 79.2 Å². The summed E-state index contributed by atoms with van der Waals surface area (Å²) in [6.45, 7) is 0.151. The van der Waals surface area contributed by atoms with Crippen LogP contribution in [0.2, 0.25) is 0 Å². The third kappa shape index (κ3) is 5.13. The molecular formula is C17H15F3N2O3S. The lowest BCUT2D eigenvalue weighted by Gasteiger charge is -2.15. The molecular weight excluding hydrogens is 369 g/mol. The Labute approximate surface area is 148 Å². The number of nitrogens with one attached hydrogen (secondary N) is 1. The van der Waals surface area contributed by atoms with E-state index in [2.05, 4.69) is 5.32 Å². The Balaban J connectivity index is 1.97. The highest BCUT2D eigenvalue weighted by Crippen LogP contribution is 2.35. The minimum Gasteiger partial charge on any atom is -0.492 e. The van der Waals surface area contributed by atoms with Gasteiger partial charge in [-0.15, -0.1) is 0 Å². The van der Waals surface area contributed by atoms with Gasteiger partial charge >= 0.3 is 6.18 Å². The fourth-order valence-electron chi connectivity index (χ4n) is 2.14. The van der Waals surface area contributed by atoms with Gasteiger partial charge in [-0.05, 0) is 42.5 Å². The smallest absolute Gasteiger partial charge is 0.418 e. The quantitative estimate of drug-likeness (QED) is 0.772. The van der Waals surface area contributed by atoms with E-state index in [-0.39, 0.29) is 29.3 Å². The van der Waals surface area contributed by atoms with E-state index in [4.69, 9.17) is 10.00 Å². The van der Waals surface area contributed by atoms with Crippen molar-refractivity contribution in [3.8, 4) is 11.8 Å². The highest BCUT2D eigenvalue weighted by molar-refractivity contribution is 7.90. The molecule has 0 aromatic heterocycles. The maximum atomic E-state index is 13.0. The summed E-state index contributed by atoms with van der Waals surface area (Å²) in [6.07, 6.45) is -3.50. The van der Waals surface area contributed by atoms with E-state index in [0.717, 1.165) is 12.3 Å². The number of hydrogen-bond donors (Lipinski definition) is 1. The number of halogens is 3. The van der Waals surface area contributed by atoms with E-state index in [1.54, 1.807) is 6.07 Å². The van der Waals surface area contributed by atoms with E-state index in [1.807, 2.05) is 0 Å². The fourth-order valence-corrected chi connectivity index (χ4v) is 2.77. The summed E-state index contributed by atoms with van der Waals surface area (Å²) in [5, 5.41) is 11.4. The van der Waals surface area contributed by atoms with Crippen LogP contribution < -0.4 is 10.1 Å². The summed E-state index contributed by atoms with van der Waals surface area (Å²) in [4.78, 5) is 0.148. The van der Waals surface area contributed by atoms with Gasteiger partial charge in [0.25, 0.3) is 0 Å². The molecule has 0 aliphatic rings. The highest BCUT2D eigenvalue weighted by atomic mass is 32.2. The fraction of sp³-hybridized carbons (Fsp3) is 0.235. The van der Waals surface area contributed by atoms with Crippen LogP contribution in [0.1, 0.15) is 11.1 Å². The average molecular weight is 384 g/mol. The first-order chi connectivity index (χ1) is 12.1. The molecule has 9 heteroatoms. The van der Waals surface area contributed by atoms with Crippen LogP contribution >= 0.6 is 0 Å². The van der Waals surface area contributed by atoms with Gasteiger partial charge in [0.05, 0.1) is 22.1 Å². The number of nitriles is 1. The molecule has 0 amide bonds. The van der Waals surface area contributed by atoms with E-state index in [0.29, 0.717) is 5.75 Å². The van der Waals surface area contributed by atoms with Crippen molar-refractivity contribution in [1.82, 2.24) is 0 Å². The van der Waals surface area contributed by atoms with Crippen molar-refractivity contribution < 1.29 is 26.3 Å². The molecule has 26 heavy (non-hydrogen) atoms. The predicted octanol–water partition coefficient (Wildman–Crippen LogP) is 3.47. The van der Waals surface area contributed by atoms with Crippen LogP contribution in [-0.2, 0) is 16.0 Å². The number of sulfone groups is 1. The summed E-state index contributed by atoms with van der Waals surface area (Å²) in [5.41, 5.74) is -1.15. The second-order valence-corrected chi connectivity index (χ2v) is 7.40. The van der Waals surface area contributed by atoms with Crippen molar-refractivity contribution in [2.75, 3.05) is 24.7 Å². The Morgan fingerprint density at radius 3 is 2.35 bits per heavy atom. The Hall–Kier alpha value is -2.73. The zero-order valence-electron chi connectivity index (χ0n) is 13.7. The summed E-state index contributed by atoms with van der Waals surface area (Å²) in [7, 11) is -3.30. The number of alkyl halides is 3. The molecule has 0 fully saturated rings. The van der Waals surface area contributed by atoms with Crippen LogP contribution in [0.25, 0.3) is 0 Å². The number of hydrogen-bond acceptors (Lipinski definition) is 5. The second kappa shape index (κ2) is 7.66. The zero-order valence-corrected chi connectivity index (χ0v) is 14.5. The van der Waals surface area contributed by atoms with E-state index in [1.165, 1.54) is 36.4 Å². The number of anilines is 1. The third-order valence-corrected chi connectivity index (χ3v) is 4.52. The zero-order chi connectivity index (χ0) is 19.4. The molecule has 0 radical (unpaired) electrons. The molecule has 0 aliphatic heterocycles. The molecule has 2 aromatic rings. The van der Waals surface area contributed by atoms with Crippen molar-refractivity contribution >= 4 is 15.5 Å². The Bertz CT molecular complexity index is 918. The van der Waals surface area contributed by atoms with Gasteiger partial charge < -0.3 is 10.1 Å². The number of nitrogens with zero attached hydrogens (tertiary/aromatic N) is 1. The Morgan fingerprint density at radius 2 is 1.81 bits per heavy atom. The van der Waals surface area contributed by atoms with Gasteiger partial charge in [-0.25, -0.2) is 8.42 Å². The average Bonchev–Trinajstić information content (AvgIpc) is 2.57. The molecule has 0 spiro atoms. The van der Waals surface area contributed by atoms with Crippen LogP contribution in [0.5, 0.6) is 5.75 Å². The number of ether oxygens (including phenoxy) is 1. The van der Waals surface area contributed by atoms with Crippen molar-refractivity contribution in [2.24, 2.45) is 0 Å². The van der Waals surface area contributed by atoms with E-state index in [9.17, 15) is 21.6 Å². The minimum absolute atomic E-state index is 0.0650. The standard InChI is InChI=1S/C17H15F3N2O3S/c1-26(23,24)14-5-3-13(4-6-14)25-9-8-22-16-7-2-12(11-21)10-15(16)17(18,19)20/h2-7,10,22H,8-9H2,1H3.